The fourth-order valence-corrected chi connectivity index (χ4v) is 1.75. The maximum atomic E-state index is 11.7. The molecule has 1 saturated heterocycles. The molecule has 98 valence electrons. The largest absolute Gasteiger partial charge is 0.368 e. The van der Waals surface area contributed by atoms with Crippen LogP contribution in [0.4, 0.5) is 0 Å². The zero-order valence-electron chi connectivity index (χ0n) is 9.94. The van der Waals surface area contributed by atoms with Gasteiger partial charge in [0.15, 0.2) is 0 Å². The fraction of sp³-hybridized carbons (Fsp3) is 0.636. The van der Waals surface area contributed by atoms with E-state index in [2.05, 4.69) is 10.6 Å². The number of amides is 3. The Labute approximate surface area is 105 Å². The van der Waals surface area contributed by atoms with E-state index in [1.165, 1.54) is 0 Å². The highest BCUT2D eigenvalue weighted by atomic mass is 16.2. The lowest BCUT2D eigenvalue weighted by atomic mass is 10.1. The summed E-state index contributed by atoms with van der Waals surface area (Å²) in [6.07, 6.45) is 1.86. The molecule has 0 aliphatic carbocycles. The van der Waals surface area contributed by atoms with E-state index >= 15 is 0 Å². The van der Waals surface area contributed by atoms with E-state index in [0.29, 0.717) is 32.1 Å². The summed E-state index contributed by atoms with van der Waals surface area (Å²) >= 11 is 0. The second kappa shape index (κ2) is 6.59. The van der Waals surface area contributed by atoms with Crippen LogP contribution in [-0.2, 0) is 14.4 Å². The van der Waals surface area contributed by atoms with Crippen molar-refractivity contribution < 1.29 is 14.4 Å². The number of hydrogen-bond donors (Lipinski definition) is 3. The lowest BCUT2D eigenvalue weighted by Gasteiger charge is -2.17. The zero-order valence-corrected chi connectivity index (χ0v) is 9.94. The van der Waals surface area contributed by atoms with Gasteiger partial charge in [0.25, 0.3) is 0 Å². The average Bonchev–Trinajstić information content (AvgIpc) is 2.74. The normalized spacial score (nSPS) is 19.7. The van der Waals surface area contributed by atoms with Gasteiger partial charge in [-0.2, -0.15) is 5.26 Å². The molecule has 0 radical (unpaired) electrons. The molecule has 0 aromatic carbocycles. The van der Waals surface area contributed by atoms with Crippen molar-refractivity contribution in [1.82, 2.24) is 10.6 Å². The summed E-state index contributed by atoms with van der Waals surface area (Å²) in [5, 5.41) is 13.4. The number of primary amides is 1. The van der Waals surface area contributed by atoms with Crippen LogP contribution in [0.25, 0.3) is 0 Å². The maximum Gasteiger partial charge on any atom is 0.243 e. The first-order valence-electron chi connectivity index (χ1n) is 5.80. The Morgan fingerprint density at radius 3 is 2.83 bits per heavy atom. The first-order valence-corrected chi connectivity index (χ1v) is 5.80. The van der Waals surface area contributed by atoms with Gasteiger partial charge in [0.1, 0.15) is 12.1 Å². The molecule has 1 aliphatic heterocycles. The SMILES string of the molecule is N#CCCC[C@@H](NC(=O)[C@@H]1CCC(=O)N1)C(N)=O. The van der Waals surface area contributed by atoms with E-state index < -0.39 is 23.9 Å². The van der Waals surface area contributed by atoms with Crippen molar-refractivity contribution in [2.45, 2.75) is 44.2 Å². The molecule has 1 heterocycles. The lowest BCUT2D eigenvalue weighted by Crippen LogP contribution is -2.50. The van der Waals surface area contributed by atoms with Crippen LogP contribution in [-0.4, -0.2) is 29.8 Å². The Bertz CT molecular complexity index is 388. The second-order valence-corrected chi connectivity index (χ2v) is 4.17. The second-order valence-electron chi connectivity index (χ2n) is 4.17. The highest BCUT2D eigenvalue weighted by Crippen LogP contribution is 2.08. The number of nitrogens with zero attached hydrogens (tertiary/aromatic N) is 1. The quantitative estimate of drug-likeness (QED) is 0.520. The van der Waals surface area contributed by atoms with Crippen LogP contribution in [0, 0.1) is 11.3 Å². The van der Waals surface area contributed by atoms with Crippen molar-refractivity contribution in [2.24, 2.45) is 5.73 Å². The molecule has 1 rings (SSSR count). The van der Waals surface area contributed by atoms with Crippen molar-refractivity contribution in [1.29, 1.82) is 5.26 Å². The van der Waals surface area contributed by atoms with Crippen LogP contribution in [0.15, 0.2) is 0 Å². The number of carbonyl (C=O) groups excluding carboxylic acids is 3. The summed E-state index contributed by atoms with van der Waals surface area (Å²) in [6.45, 7) is 0. The highest BCUT2D eigenvalue weighted by molar-refractivity contribution is 5.93. The summed E-state index contributed by atoms with van der Waals surface area (Å²) in [7, 11) is 0. The number of rotatable bonds is 6. The third-order valence-corrected chi connectivity index (χ3v) is 2.75. The minimum Gasteiger partial charge on any atom is -0.368 e. The lowest BCUT2D eigenvalue weighted by molar-refractivity contribution is -0.129. The third-order valence-electron chi connectivity index (χ3n) is 2.75. The molecule has 7 nitrogen and oxygen atoms in total. The van der Waals surface area contributed by atoms with Crippen LogP contribution in [0.1, 0.15) is 32.1 Å². The molecule has 0 saturated carbocycles. The van der Waals surface area contributed by atoms with Crippen LogP contribution >= 0.6 is 0 Å². The standard InChI is InChI=1S/C11H16N4O3/c12-6-2-1-3-7(10(13)17)15-11(18)8-4-5-9(16)14-8/h7-8H,1-5H2,(H2,13,17)(H,14,16)(H,15,18)/t7-,8+/m1/s1. The van der Waals surface area contributed by atoms with E-state index in [1.54, 1.807) is 0 Å². The molecule has 0 bridgehead atoms. The van der Waals surface area contributed by atoms with Crippen molar-refractivity contribution in [2.75, 3.05) is 0 Å². The molecule has 4 N–H and O–H groups in total. The van der Waals surface area contributed by atoms with Gasteiger partial charge in [-0.15, -0.1) is 0 Å². The molecular weight excluding hydrogens is 236 g/mol. The summed E-state index contributed by atoms with van der Waals surface area (Å²) in [5.74, 6) is -1.21. The van der Waals surface area contributed by atoms with Crippen LogP contribution < -0.4 is 16.4 Å². The number of nitrogens with one attached hydrogen (secondary N) is 2. The molecular formula is C11H16N4O3. The van der Waals surface area contributed by atoms with Crippen molar-refractivity contribution in [3.05, 3.63) is 0 Å². The molecule has 1 fully saturated rings. The van der Waals surface area contributed by atoms with Crippen molar-refractivity contribution in [3.63, 3.8) is 0 Å². The fourth-order valence-electron chi connectivity index (χ4n) is 1.75. The van der Waals surface area contributed by atoms with Gasteiger partial charge in [-0.1, -0.05) is 0 Å². The van der Waals surface area contributed by atoms with Gasteiger partial charge in [-0.3, -0.25) is 14.4 Å². The van der Waals surface area contributed by atoms with Gasteiger partial charge in [0, 0.05) is 12.8 Å². The van der Waals surface area contributed by atoms with Gasteiger partial charge in [0.05, 0.1) is 6.07 Å². The monoisotopic (exact) mass is 252 g/mol. The van der Waals surface area contributed by atoms with E-state index in [0.717, 1.165) is 0 Å². The molecule has 0 unspecified atom stereocenters. The summed E-state index contributed by atoms with van der Waals surface area (Å²) in [5.41, 5.74) is 5.17. The van der Waals surface area contributed by atoms with E-state index in [4.69, 9.17) is 11.0 Å². The zero-order chi connectivity index (χ0) is 13.5. The van der Waals surface area contributed by atoms with Gasteiger partial charge in [-0.05, 0) is 19.3 Å². The van der Waals surface area contributed by atoms with Crippen LogP contribution in [0.2, 0.25) is 0 Å². The molecule has 3 amide bonds. The average molecular weight is 252 g/mol. The Morgan fingerprint density at radius 1 is 1.61 bits per heavy atom. The van der Waals surface area contributed by atoms with Gasteiger partial charge >= 0.3 is 0 Å². The van der Waals surface area contributed by atoms with Gasteiger partial charge in [0.2, 0.25) is 17.7 Å². The molecule has 18 heavy (non-hydrogen) atoms. The minimum atomic E-state index is -0.789. The molecule has 0 aromatic heterocycles. The third kappa shape index (κ3) is 4.05. The minimum absolute atomic E-state index is 0.171. The number of unbranched alkanes of at least 4 members (excludes halogenated alkanes) is 1. The number of hydrogen-bond acceptors (Lipinski definition) is 4. The van der Waals surface area contributed by atoms with E-state index in [-0.39, 0.29) is 5.91 Å². The van der Waals surface area contributed by atoms with Gasteiger partial charge < -0.3 is 16.4 Å². The summed E-state index contributed by atoms with van der Waals surface area (Å²) < 4.78 is 0. The van der Waals surface area contributed by atoms with E-state index in [1.807, 2.05) is 6.07 Å². The Morgan fingerprint density at radius 2 is 2.33 bits per heavy atom. The van der Waals surface area contributed by atoms with Crippen molar-refractivity contribution in [3.8, 4) is 6.07 Å². The van der Waals surface area contributed by atoms with E-state index in [9.17, 15) is 14.4 Å². The highest BCUT2D eigenvalue weighted by Gasteiger charge is 2.29. The van der Waals surface area contributed by atoms with Crippen LogP contribution in [0.3, 0.4) is 0 Å². The molecule has 2 atom stereocenters. The van der Waals surface area contributed by atoms with Crippen molar-refractivity contribution >= 4 is 17.7 Å². The predicted octanol–water partition coefficient (Wildman–Crippen LogP) is -1.07. The smallest absolute Gasteiger partial charge is 0.243 e. The Kier molecular flexibility index (Phi) is 5.11. The predicted molar refractivity (Wildman–Crippen MR) is 61.8 cm³/mol. The number of carbonyl (C=O) groups is 3. The Hall–Kier alpha value is -2.10. The van der Waals surface area contributed by atoms with Crippen LogP contribution in [0.5, 0.6) is 0 Å². The Balaban J connectivity index is 2.45. The first-order chi connectivity index (χ1) is 8.54. The maximum absolute atomic E-state index is 11.7. The summed E-state index contributed by atoms with van der Waals surface area (Å²) in [4.78, 5) is 33.9. The summed E-state index contributed by atoms with van der Waals surface area (Å²) in [6, 6.07) is 0.578. The number of nitriles is 1. The number of nitrogens with two attached hydrogens (primary N) is 1. The molecule has 0 spiro atoms. The molecule has 1 aliphatic rings. The molecule has 0 aromatic rings. The molecule has 7 heteroatoms. The van der Waals surface area contributed by atoms with Gasteiger partial charge in [-0.25, -0.2) is 0 Å². The topological polar surface area (TPSA) is 125 Å². The first kappa shape index (κ1) is 14.0.